The van der Waals surface area contributed by atoms with Gasteiger partial charge in [0.1, 0.15) is 5.82 Å². The third kappa shape index (κ3) is 3.59. The average molecular weight is 289 g/mol. The predicted molar refractivity (Wildman–Crippen MR) is 64.2 cm³/mol. The summed E-state index contributed by atoms with van der Waals surface area (Å²) in [5.74, 6) is -0.852. The summed E-state index contributed by atoms with van der Waals surface area (Å²) in [7, 11) is 0. The highest BCUT2D eigenvalue weighted by atomic mass is 79.9. The number of halogens is 2. The van der Waals surface area contributed by atoms with E-state index in [9.17, 15) is 9.18 Å². The first-order valence-electron chi connectivity index (χ1n) is 5.20. The fourth-order valence-corrected chi connectivity index (χ4v) is 1.63. The lowest BCUT2D eigenvalue weighted by molar-refractivity contribution is 0.0499. The predicted octanol–water partition coefficient (Wildman–Crippen LogP) is 3.68. The molecule has 0 N–H and O–H groups in total. The summed E-state index contributed by atoms with van der Waals surface area (Å²) in [5, 5.41) is 0.435. The third-order valence-electron chi connectivity index (χ3n) is 2.16. The van der Waals surface area contributed by atoms with Crippen molar-refractivity contribution in [3.63, 3.8) is 0 Å². The number of esters is 1. The Labute approximate surface area is 103 Å². The molecule has 0 unspecified atom stereocenters. The first-order chi connectivity index (χ1) is 7.69. The molecule has 0 bridgehead atoms. The van der Waals surface area contributed by atoms with Crippen LogP contribution in [0.4, 0.5) is 4.39 Å². The summed E-state index contributed by atoms with van der Waals surface area (Å²) in [6.07, 6.45) is 1.79. The van der Waals surface area contributed by atoms with Gasteiger partial charge < -0.3 is 4.74 Å². The van der Waals surface area contributed by atoms with Crippen molar-refractivity contribution in [3.05, 3.63) is 35.1 Å². The highest BCUT2D eigenvalue weighted by Gasteiger charge is 2.10. The molecule has 16 heavy (non-hydrogen) atoms. The van der Waals surface area contributed by atoms with E-state index in [0.29, 0.717) is 17.5 Å². The van der Waals surface area contributed by atoms with Crippen molar-refractivity contribution < 1.29 is 13.9 Å². The van der Waals surface area contributed by atoms with Gasteiger partial charge in [0.25, 0.3) is 0 Å². The van der Waals surface area contributed by atoms with E-state index in [1.54, 1.807) is 12.1 Å². The van der Waals surface area contributed by atoms with E-state index in [-0.39, 0.29) is 11.4 Å². The molecule has 0 fully saturated rings. The highest BCUT2D eigenvalue weighted by molar-refractivity contribution is 9.08. The Kier molecular flexibility index (Phi) is 5.46. The molecule has 4 heteroatoms. The van der Waals surface area contributed by atoms with Crippen LogP contribution >= 0.6 is 15.9 Å². The molecule has 1 rings (SSSR count). The Balaban J connectivity index is 2.66. The van der Waals surface area contributed by atoms with Crippen molar-refractivity contribution in [1.29, 1.82) is 0 Å². The van der Waals surface area contributed by atoms with Crippen molar-refractivity contribution in [2.24, 2.45) is 0 Å². The van der Waals surface area contributed by atoms with Gasteiger partial charge in [0.05, 0.1) is 12.2 Å². The molecule has 0 atom stereocenters. The van der Waals surface area contributed by atoms with Crippen molar-refractivity contribution >= 4 is 21.9 Å². The Morgan fingerprint density at radius 2 is 2.25 bits per heavy atom. The number of rotatable bonds is 5. The number of ether oxygens (including phenoxy) is 1. The molecule has 0 spiro atoms. The Morgan fingerprint density at radius 3 is 2.81 bits per heavy atom. The van der Waals surface area contributed by atoms with E-state index in [0.717, 1.165) is 12.8 Å². The lowest BCUT2D eigenvalue weighted by Crippen LogP contribution is -2.07. The van der Waals surface area contributed by atoms with Gasteiger partial charge in [-0.3, -0.25) is 0 Å². The van der Waals surface area contributed by atoms with Crippen LogP contribution in [0.1, 0.15) is 35.7 Å². The number of unbranched alkanes of at least 4 members (excludes halogenated alkanes) is 1. The Morgan fingerprint density at radius 1 is 1.50 bits per heavy atom. The van der Waals surface area contributed by atoms with Crippen LogP contribution in [0.25, 0.3) is 0 Å². The summed E-state index contributed by atoms with van der Waals surface area (Å²) in [6, 6.07) is 4.37. The molecule has 1 aromatic rings. The molecule has 88 valence electrons. The molecular weight excluding hydrogens is 275 g/mol. The summed E-state index contributed by atoms with van der Waals surface area (Å²) < 4.78 is 18.3. The van der Waals surface area contributed by atoms with Crippen molar-refractivity contribution in [2.75, 3.05) is 6.61 Å². The second kappa shape index (κ2) is 6.63. The smallest absolute Gasteiger partial charge is 0.338 e. The van der Waals surface area contributed by atoms with E-state index in [4.69, 9.17) is 4.74 Å². The second-order valence-electron chi connectivity index (χ2n) is 3.43. The van der Waals surface area contributed by atoms with Crippen LogP contribution in [-0.2, 0) is 10.1 Å². The van der Waals surface area contributed by atoms with Gasteiger partial charge in [-0.1, -0.05) is 35.3 Å². The van der Waals surface area contributed by atoms with Gasteiger partial charge >= 0.3 is 5.97 Å². The van der Waals surface area contributed by atoms with E-state index >= 15 is 0 Å². The standard InChI is InChI=1S/C12H14BrFO2/c1-2-3-6-16-12(15)9-4-5-10(8-13)11(14)7-9/h4-5,7H,2-3,6,8H2,1H3. The Hall–Kier alpha value is -0.900. The SMILES string of the molecule is CCCCOC(=O)c1ccc(CBr)c(F)c1. The molecule has 0 aliphatic carbocycles. The lowest BCUT2D eigenvalue weighted by Gasteiger charge is -2.05. The van der Waals surface area contributed by atoms with Gasteiger partial charge in [-0.05, 0) is 24.1 Å². The van der Waals surface area contributed by atoms with Gasteiger partial charge in [-0.2, -0.15) is 0 Å². The second-order valence-corrected chi connectivity index (χ2v) is 3.99. The molecule has 2 nitrogen and oxygen atoms in total. The van der Waals surface area contributed by atoms with Gasteiger partial charge in [-0.15, -0.1) is 0 Å². The van der Waals surface area contributed by atoms with Crippen LogP contribution in [-0.4, -0.2) is 12.6 Å². The fraction of sp³-hybridized carbons (Fsp3) is 0.417. The normalized spacial score (nSPS) is 10.2. The minimum Gasteiger partial charge on any atom is -0.462 e. The molecular formula is C12H14BrFO2. The van der Waals surface area contributed by atoms with Crippen LogP contribution in [0.15, 0.2) is 18.2 Å². The highest BCUT2D eigenvalue weighted by Crippen LogP contribution is 2.14. The molecule has 0 amide bonds. The van der Waals surface area contributed by atoms with E-state index in [2.05, 4.69) is 15.9 Å². The van der Waals surface area contributed by atoms with Crippen molar-refractivity contribution in [1.82, 2.24) is 0 Å². The third-order valence-corrected chi connectivity index (χ3v) is 2.77. The molecule has 0 aromatic heterocycles. The van der Waals surface area contributed by atoms with Crippen LogP contribution in [0.3, 0.4) is 0 Å². The number of benzene rings is 1. The molecule has 0 saturated carbocycles. The van der Waals surface area contributed by atoms with Gasteiger partial charge in [0.2, 0.25) is 0 Å². The average Bonchev–Trinajstić information content (AvgIpc) is 2.29. The van der Waals surface area contributed by atoms with Gasteiger partial charge in [0.15, 0.2) is 0 Å². The summed E-state index contributed by atoms with van der Waals surface area (Å²) in [6.45, 7) is 2.40. The number of alkyl halides is 1. The molecule has 0 radical (unpaired) electrons. The van der Waals surface area contributed by atoms with Crippen molar-refractivity contribution in [3.8, 4) is 0 Å². The fourth-order valence-electron chi connectivity index (χ4n) is 1.18. The summed E-state index contributed by atoms with van der Waals surface area (Å²) >= 11 is 3.17. The quantitative estimate of drug-likeness (QED) is 0.469. The van der Waals surface area contributed by atoms with E-state index < -0.39 is 5.97 Å². The molecule has 0 saturated heterocycles. The van der Waals surface area contributed by atoms with Crippen LogP contribution < -0.4 is 0 Å². The van der Waals surface area contributed by atoms with Gasteiger partial charge in [0, 0.05) is 5.33 Å². The van der Waals surface area contributed by atoms with Crippen LogP contribution in [0.2, 0.25) is 0 Å². The van der Waals surface area contributed by atoms with Crippen LogP contribution in [0.5, 0.6) is 0 Å². The zero-order valence-electron chi connectivity index (χ0n) is 9.13. The first kappa shape index (κ1) is 13.2. The monoisotopic (exact) mass is 288 g/mol. The zero-order chi connectivity index (χ0) is 12.0. The maximum atomic E-state index is 13.4. The number of carbonyl (C=O) groups is 1. The van der Waals surface area contributed by atoms with Gasteiger partial charge in [-0.25, -0.2) is 9.18 Å². The molecule has 0 aliphatic heterocycles. The zero-order valence-corrected chi connectivity index (χ0v) is 10.7. The minimum absolute atomic E-state index is 0.262. The van der Waals surface area contributed by atoms with Crippen LogP contribution in [0, 0.1) is 5.82 Å². The molecule has 1 aromatic carbocycles. The Bertz CT molecular complexity index is 366. The largest absolute Gasteiger partial charge is 0.462 e. The number of hydrogen-bond donors (Lipinski definition) is 0. The van der Waals surface area contributed by atoms with Crippen molar-refractivity contribution in [2.45, 2.75) is 25.1 Å². The number of carbonyl (C=O) groups excluding carboxylic acids is 1. The molecule has 0 heterocycles. The maximum absolute atomic E-state index is 13.4. The first-order valence-corrected chi connectivity index (χ1v) is 6.32. The minimum atomic E-state index is -0.464. The lowest BCUT2D eigenvalue weighted by atomic mass is 10.1. The van der Waals surface area contributed by atoms with E-state index in [1.165, 1.54) is 6.07 Å². The number of hydrogen-bond acceptors (Lipinski definition) is 2. The summed E-state index contributed by atoms with van der Waals surface area (Å²) in [4.78, 5) is 11.5. The summed E-state index contributed by atoms with van der Waals surface area (Å²) in [5.41, 5.74) is 0.795. The molecule has 0 aliphatic rings. The van der Waals surface area contributed by atoms with E-state index in [1.807, 2.05) is 6.92 Å². The topological polar surface area (TPSA) is 26.3 Å². The maximum Gasteiger partial charge on any atom is 0.338 e.